The SMILES string of the molecule is CCCC(=O)Nc1cc(OCC)c(NC(=S)Nc2cc(C)ccc2C)cc1OCC. The topological polar surface area (TPSA) is 71.6 Å². The zero-order valence-electron chi connectivity index (χ0n) is 18.3. The Morgan fingerprint density at radius 1 is 0.867 bits per heavy atom. The summed E-state index contributed by atoms with van der Waals surface area (Å²) in [5.74, 6) is 1.08. The molecule has 0 aliphatic rings. The number of amides is 1. The minimum atomic E-state index is -0.0614. The molecule has 2 rings (SSSR count). The number of hydrogen-bond donors (Lipinski definition) is 3. The molecule has 0 spiro atoms. The lowest BCUT2D eigenvalue weighted by Gasteiger charge is -2.19. The van der Waals surface area contributed by atoms with Gasteiger partial charge in [-0.1, -0.05) is 19.1 Å². The molecule has 3 N–H and O–H groups in total. The molecule has 0 saturated heterocycles. The van der Waals surface area contributed by atoms with Crippen LogP contribution >= 0.6 is 12.2 Å². The highest BCUT2D eigenvalue weighted by molar-refractivity contribution is 7.80. The van der Waals surface area contributed by atoms with Gasteiger partial charge in [-0.25, -0.2) is 0 Å². The number of nitrogens with one attached hydrogen (secondary N) is 3. The summed E-state index contributed by atoms with van der Waals surface area (Å²) >= 11 is 5.52. The molecule has 2 aromatic carbocycles. The fourth-order valence-electron chi connectivity index (χ4n) is 2.89. The standard InChI is InChI=1S/C23H31N3O3S/c1-6-9-22(27)24-18-13-21(29-8-3)19(14-20(18)28-7-2)26-23(30)25-17-12-15(4)10-11-16(17)5/h10-14H,6-9H2,1-5H3,(H,24,27)(H2,25,26,30). The zero-order valence-corrected chi connectivity index (χ0v) is 19.2. The van der Waals surface area contributed by atoms with E-state index in [1.165, 1.54) is 0 Å². The summed E-state index contributed by atoms with van der Waals surface area (Å²) in [7, 11) is 0. The zero-order chi connectivity index (χ0) is 22.1. The van der Waals surface area contributed by atoms with Gasteiger partial charge in [-0.3, -0.25) is 4.79 Å². The maximum Gasteiger partial charge on any atom is 0.224 e. The summed E-state index contributed by atoms with van der Waals surface area (Å²) in [4.78, 5) is 12.1. The monoisotopic (exact) mass is 429 g/mol. The Morgan fingerprint density at radius 2 is 1.43 bits per heavy atom. The van der Waals surface area contributed by atoms with Gasteiger partial charge in [0.1, 0.15) is 11.5 Å². The van der Waals surface area contributed by atoms with Gasteiger partial charge >= 0.3 is 0 Å². The highest BCUT2D eigenvalue weighted by Crippen LogP contribution is 2.37. The third kappa shape index (κ3) is 6.62. The molecular formula is C23H31N3O3S. The van der Waals surface area contributed by atoms with Gasteiger partial charge < -0.3 is 25.4 Å². The maximum atomic E-state index is 12.1. The number of rotatable bonds is 9. The Morgan fingerprint density at radius 3 is 2.00 bits per heavy atom. The Balaban J connectivity index is 2.30. The average Bonchev–Trinajstić information content (AvgIpc) is 2.68. The lowest BCUT2D eigenvalue weighted by atomic mass is 10.1. The molecule has 7 heteroatoms. The molecular weight excluding hydrogens is 398 g/mol. The highest BCUT2D eigenvalue weighted by atomic mass is 32.1. The number of benzene rings is 2. The van der Waals surface area contributed by atoms with E-state index in [4.69, 9.17) is 21.7 Å². The minimum absolute atomic E-state index is 0.0614. The normalized spacial score (nSPS) is 10.3. The second kappa shape index (κ2) is 11.4. The fraction of sp³-hybridized carbons (Fsp3) is 0.391. The van der Waals surface area contributed by atoms with Crippen molar-refractivity contribution in [3.05, 3.63) is 41.5 Å². The first kappa shape index (κ1) is 23.5. The van der Waals surface area contributed by atoms with Crippen molar-refractivity contribution in [1.29, 1.82) is 0 Å². The first-order chi connectivity index (χ1) is 14.4. The van der Waals surface area contributed by atoms with Gasteiger partial charge in [0.15, 0.2) is 5.11 Å². The molecule has 0 saturated carbocycles. The Labute approximate surface area is 184 Å². The number of carbonyl (C=O) groups is 1. The number of carbonyl (C=O) groups excluding carboxylic acids is 1. The van der Waals surface area contributed by atoms with E-state index in [-0.39, 0.29) is 5.91 Å². The predicted molar refractivity (Wildman–Crippen MR) is 128 cm³/mol. The van der Waals surface area contributed by atoms with E-state index >= 15 is 0 Å². The summed E-state index contributed by atoms with van der Waals surface area (Å²) in [6, 6.07) is 9.72. The summed E-state index contributed by atoms with van der Waals surface area (Å²) < 4.78 is 11.5. The number of hydrogen-bond acceptors (Lipinski definition) is 4. The van der Waals surface area contributed by atoms with Crippen molar-refractivity contribution in [1.82, 2.24) is 0 Å². The van der Waals surface area contributed by atoms with Gasteiger partial charge in [-0.15, -0.1) is 0 Å². The molecule has 0 aliphatic carbocycles. The average molecular weight is 430 g/mol. The number of thiocarbonyl (C=S) groups is 1. The van der Waals surface area contributed by atoms with E-state index in [1.54, 1.807) is 12.1 Å². The van der Waals surface area contributed by atoms with Gasteiger partial charge in [0.25, 0.3) is 0 Å². The third-order valence-corrected chi connectivity index (χ3v) is 4.53. The quantitative estimate of drug-likeness (QED) is 0.448. The smallest absolute Gasteiger partial charge is 0.224 e. The molecule has 0 heterocycles. The molecule has 2 aromatic rings. The van der Waals surface area contributed by atoms with E-state index in [0.717, 1.165) is 23.2 Å². The first-order valence-electron chi connectivity index (χ1n) is 10.3. The predicted octanol–water partition coefficient (Wildman–Crippen LogP) is 5.65. The van der Waals surface area contributed by atoms with Crippen molar-refractivity contribution in [2.24, 2.45) is 0 Å². The van der Waals surface area contributed by atoms with Crippen LogP contribution in [0.1, 0.15) is 44.7 Å². The van der Waals surface area contributed by atoms with Crippen molar-refractivity contribution in [2.75, 3.05) is 29.2 Å². The molecule has 162 valence electrons. The van der Waals surface area contributed by atoms with Gasteiger partial charge in [-0.2, -0.15) is 0 Å². The van der Waals surface area contributed by atoms with Crippen molar-refractivity contribution < 1.29 is 14.3 Å². The summed E-state index contributed by atoms with van der Waals surface area (Å²) in [6.45, 7) is 10.8. The first-order valence-corrected chi connectivity index (χ1v) is 10.7. The van der Waals surface area contributed by atoms with E-state index in [9.17, 15) is 4.79 Å². The Bertz CT molecular complexity index is 900. The minimum Gasteiger partial charge on any atom is -0.492 e. The van der Waals surface area contributed by atoms with Gasteiger partial charge in [0.2, 0.25) is 5.91 Å². The molecule has 1 amide bonds. The molecule has 30 heavy (non-hydrogen) atoms. The highest BCUT2D eigenvalue weighted by Gasteiger charge is 2.15. The molecule has 6 nitrogen and oxygen atoms in total. The Kier molecular flexibility index (Phi) is 8.92. The number of anilines is 3. The Hall–Kier alpha value is -2.80. The van der Waals surface area contributed by atoms with Gasteiger partial charge in [0.05, 0.1) is 24.6 Å². The summed E-state index contributed by atoms with van der Waals surface area (Å²) in [5, 5.41) is 9.78. The van der Waals surface area contributed by atoms with Gasteiger partial charge in [-0.05, 0) is 63.5 Å². The summed E-state index contributed by atoms with van der Waals surface area (Å²) in [6.07, 6.45) is 1.21. The summed E-state index contributed by atoms with van der Waals surface area (Å²) in [5.41, 5.74) is 4.43. The van der Waals surface area contributed by atoms with E-state index in [0.29, 0.717) is 47.6 Å². The van der Waals surface area contributed by atoms with Crippen LogP contribution in [0.25, 0.3) is 0 Å². The second-order valence-electron chi connectivity index (χ2n) is 6.91. The van der Waals surface area contributed by atoms with Crippen LogP contribution in [-0.2, 0) is 4.79 Å². The second-order valence-corrected chi connectivity index (χ2v) is 7.31. The molecule has 0 aliphatic heterocycles. The lowest BCUT2D eigenvalue weighted by Crippen LogP contribution is -2.20. The van der Waals surface area contributed by atoms with Gasteiger partial charge in [0, 0.05) is 24.2 Å². The molecule has 0 atom stereocenters. The number of aryl methyl sites for hydroxylation is 2. The van der Waals surface area contributed by atoms with E-state index < -0.39 is 0 Å². The van der Waals surface area contributed by atoms with Crippen LogP contribution < -0.4 is 25.4 Å². The lowest BCUT2D eigenvalue weighted by molar-refractivity contribution is -0.116. The fourth-order valence-corrected chi connectivity index (χ4v) is 3.11. The van der Waals surface area contributed by atoms with E-state index in [1.807, 2.05) is 46.8 Å². The molecule has 0 bridgehead atoms. The van der Waals surface area contributed by atoms with Crippen LogP contribution in [0.3, 0.4) is 0 Å². The van der Waals surface area contributed by atoms with Crippen LogP contribution in [0.4, 0.5) is 17.1 Å². The van der Waals surface area contributed by atoms with E-state index in [2.05, 4.69) is 22.0 Å². The van der Waals surface area contributed by atoms with Crippen molar-refractivity contribution in [2.45, 2.75) is 47.5 Å². The number of ether oxygens (including phenoxy) is 2. The van der Waals surface area contributed by atoms with Crippen LogP contribution in [0.5, 0.6) is 11.5 Å². The molecule has 0 fully saturated rings. The van der Waals surface area contributed by atoms with Crippen LogP contribution in [0.2, 0.25) is 0 Å². The van der Waals surface area contributed by atoms with Crippen molar-refractivity contribution in [3.63, 3.8) is 0 Å². The van der Waals surface area contributed by atoms with Crippen LogP contribution in [0.15, 0.2) is 30.3 Å². The molecule has 0 aromatic heterocycles. The van der Waals surface area contributed by atoms with Crippen molar-refractivity contribution >= 4 is 40.3 Å². The maximum absolute atomic E-state index is 12.1. The van der Waals surface area contributed by atoms with Crippen LogP contribution in [-0.4, -0.2) is 24.2 Å². The van der Waals surface area contributed by atoms with Crippen LogP contribution in [0, 0.1) is 13.8 Å². The molecule has 0 unspecified atom stereocenters. The third-order valence-electron chi connectivity index (χ3n) is 4.32. The molecule has 0 radical (unpaired) electrons. The largest absolute Gasteiger partial charge is 0.492 e. The van der Waals surface area contributed by atoms with Crippen molar-refractivity contribution in [3.8, 4) is 11.5 Å².